The fourth-order valence-electron chi connectivity index (χ4n) is 0.922. The molecular weight excluding hydrogens is 224 g/mol. The molecule has 0 aromatic heterocycles. The molecular formula is C7H7N2O5S-. The predicted octanol–water partition coefficient (Wildman–Crippen LogP) is -0.278. The van der Waals surface area contributed by atoms with Crippen LogP contribution in [0, 0.1) is 0 Å². The van der Waals surface area contributed by atoms with E-state index in [1.54, 1.807) is 0 Å². The van der Waals surface area contributed by atoms with Crippen molar-refractivity contribution < 1.29 is 22.8 Å². The van der Waals surface area contributed by atoms with Gasteiger partial charge in [-0.05, 0) is 6.07 Å². The summed E-state index contributed by atoms with van der Waals surface area (Å²) in [6.45, 7) is 0. The summed E-state index contributed by atoms with van der Waals surface area (Å²) in [6.07, 6.45) is 0. The second-order valence-corrected chi connectivity index (χ2v) is 3.14. The van der Waals surface area contributed by atoms with Gasteiger partial charge in [-0.2, -0.15) is 0 Å². The summed E-state index contributed by atoms with van der Waals surface area (Å²) in [5.41, 5.74) is 10.4. The summed E-state index contributed by atoms with van der Waals surface area (Å²) in [7, 11) is 0. The number of carbonyl (C=O) groups is 1. The number of hydrogen-bond donors (Lipinski definition) is 3. The maximum Gasteiger partial charge on any atom is 0.339 e. The van der Waals surface area contributed by atoms with Crippen molar-refractivity contribution in [2.24, 2.45) is 0 Å². The summed E-state index contributed by atoms with van der Waals surface area (Å²) in [4.78, 5) is 10.7. The van der Waals surface area contributed by atoms with Gasteiger partial charge in [0, 0.05) is 6.07 Å². The van der Waals surface area contributed by atoms with Crippen molar-refractivity contribution in [1.29, 1.82) is 0 Å². The van der Waals surface area contributed by atoms with Gasteiger partial charge in [-0.15, -0.1) is 0 Å². The third-order valence-corrected chi connectivity index (χ3v) is 1.89. The molecule has 0 fully saturated rings. The van der Waals surface area contributed by atoms with Crippen LogP contribution in [0.3, 0.4) is 0 Å². The zero-order valence-electron chi connectivity index (χ0n) is 7.30. The number of nitrogen functional groups attached to an aromatic ring is 2. The van der Waals surface area contributed by atoms with Gasteiger partial charge in [0.25, 0.3) is 0 Å². The molecule has 0 heterocycles. The van der Waals surface area contributed by atoms with Gasteiger partial charge in [0.1, 0.15) is 16.9 Å². The number of benzene rings is 1. The minimum Gasteiger partial charge on any atom is -0.740 e. The number of nitrogens with two attached hydrogens (primary N) is 2. The van der Waals surface area contributed by atoms with Crippen LogP contribution in [0.1, 0.15) is 10.4 Å². The topological polar surface area (TPSA) is 139 Å². The normalized spacial score (nSPS) is 12.1. The third-order valence-electron chi connectivity index (χ3n) is 1.57. The van der Waals surface area contributed by atoms with Crippen molar-refractivity contribution in [3.63, 3.8) is 0 Å². The van der Waals surface area contributed by atoms with Crippen LogP contribution in [0.5, 0.6) is 5.75 Å². The Morgan fingerprint density at radius 3 is 2.40 bits per heavy atom. The highest BCUT2D eigenvalue weighted by molar-refractivity contribution is 7.74. The van der Waals surface area contributed by atoms with Crippen molar-refractivity contribution >= 4 is 28.7 Å². The highest BCUT2D eigenvalue weighted by Crippen LogP contribution is 2.27. The second-order valence-electron chi connectivity index (χ2n) is 2.57. The van der Waals surface area contributed by atoms with E-state index >= 15 is 0 Å². The molecule has 0 saturated heterocycles. The lowest BCUT2D eigenvalue weighted by Gasteiger charge is -2.11. The molecule has 1 rings (SSSR count). The quantitative estimate of drug-likeness (QED) is 0.480. The van der Waals surface area contributed by atoms with Gasteiger partial charge in [0.15, 0.2) is 5.75 Å². The van der Waals surface area contributed by atoms with E-state index in [-0.39, 0.29) is 22.7 Å². The van der Waals surface area contributed by atoms with E-state index in [0.29, 0.717) is 0 Å². The smallest absolute Gasteiger partial charge is 0.339 e. The lowest BCUT2D eigenvalue weighted by Crippen LogP contribution is -2.07. The molecule has 7 nitrogen and oxygen atoms in total. The van der Waals surface area contributed by atoms with Crippen LogP contribution in [-0.2, 0) is 11.4 Å². The number of rotatable bonds is 3. The first-order chi connectivity index (χ1) is 6.91. The average Bonchev–Trinajstić information content (AvgIpc) is 2.09. The van der Waals surface area contributed by atoms with Gasteiger partial charge in [-0.25, -0.2) is 9.00 Å². The van der Waals surface area contributed by atoms with E-state index in [1.165, 1.54) is 0 Å². The van der Waals surface area contributed by atoms with Crippen LogP contribution < -0.4 is 15.7 Å². The van der Waals surface area contributed by atoms with E-state index in [9.17, 15) is 13.6 Å². The molecule has 1 aromatic carbocycles. The van der Waals surface area contributed by atoms with Gasteiger partial charge in [0.2, 0.25) is 0 Å². The molecule has 0 spiro atoms. The average molecular weight is 231 g/mol. The fourth-order valence-corrected chi connectivity index (χ4v) is 1.21. The van der Waals surface area contributed by atoms with Gasteiger partial charge in [0.05, 0.1) is 11.4 Å². The van der Waals surface area contributed by atoms with Crippen molar-refractivity contribution in [1.82, 2.24) is 0 Å². The van der Waals surface area contributed by atoms with E-state index in [0.717, 1.165) is 12.1 Å². The highest BCUT2D eigenvalue weighted by atomic mass is 32.2. The summed E-state index contributed by atoms with van der Waals surface area (Å²) < 4.78 is 24.7. The zero-order valence-corrected chi connectivity index (χ0v) is 8.11. The van der Waals surface area contributed by atoms with Gasteiger partial charge >= 0.3 is 5.97 Å². The molecule has 82 valence electrons. The van der Waals surface area contributed by atoms with Crippen LogP contribution in [0.25, 0.3) is 0 Å². The van der Waals surface area contributed by atoms with Crippen LogP contribution >= 0.6 is 0 Å². The maximum atomic E-state index is 10.7. The molecule has 1 unspecified atom stereocenters. The minimum atomic E-state index is -2.87. The molecule has 0 aliphatic carbocycles. The molecule has 1 atom stereocenters. The Morgan fingerprint density at radius 1 is 1.40 bits per heavy atom. The largest absolute Gasteiger partial charge is 0.740 e. The summed E-state index contributed by atoms with van der Waals surface area (Å²) >= 11 is -2.87. The molecule has 1 aromatic rings. The monoisotopic (exact) mass is 231 g/mol. The molecule has 0 aliphatic rings. The maximum absolute atomic E-state index is 10.7. The summed E-state index contributed by atoms with van der Waals surface area (Å²) in [5.74, 6) is -1.73. The van der Waals surface area contributed by atoms with Crippen molar-refractivity contribution in [3.8, 4) is 5.75 Å². The van der Waals surface area contributed by atoms with Crippen LogP contribution in [-0.4, -0.2) is 19.8 Å². The van der Waals surface area contributed by atoms with Crippen molar-refractivity contribution in [3.05, 3.63) is 17.7 Å². The second kappa shape index (κ2) is 4.15. The highest BCUT2D eigenvalue weighted by Gasteiger charge is 2.14. The lowest BCUT2D eigenvalue weighted by atomic mass is 10.1. The minimum absolute atomic E-state index is 0.0384. The molecule has 0 amide bonds. The number of aromatic carboxylic acids is 1. The van der Waals surface area contributed by atoms with E-state index in [1.807, 2.05) is 0 Å². The van der Waals surface area contributed by atoms with Crippen molar-refractivity contribution in [2.75, 3.05) is 11.5 Å². The van der Waals surface area contributed by atoms with E-state index in [4.69, 9.17) is 16.6 Å². The Hall–Kier alpha value is -1.80. The standard InChI is InChI=1S/C7H8N2O5S/c8-4-1-3(7(10)11)6(2-5(4)9)14-15(12)13/h1-2H,8-9H2,(H,10,11)(H,12,13)/p-1. The molecule has 5 N–H and O–H groups in total. The zero-order chi connectivity index (χ0) is 11.6. The fraction of sp³-hybridized carbons (Fsp3) is 0. The van der Waals surface area contributed by atoms with Gasteiger partial charge in [-0.1, -0.05) is 0 Å². The molecule has 0 saturated carbocycles. The summed E-state index contributed by atoms with van der Waals surface area (Å²) in [5, 5.41) is 8.72. The van der Waals surface area contributed by atoms with Crippen LogP contribution in [0.15, 0.2) is 12.1 Å². The SMILES string of the molecule is Nc1cc(OS(=O)[O-])c(C(=O)O)cc1N. The van der Waals surface area contributed by atoms with E-state index in [2.05, 4.69) is 4.18 Å². The number of hydrogen-bond acceptors (Lipinski definition) is 6. The Kier molecular flexibility index (Phi) is 3.12. The molecule has 15 heavy (non-hydrogen) atoms. The summed E-state index contributed by atoms with van der Waals surface area (Å²) in [6, 6.07) is 2.06. The Bertz CT molecular complexity index is 434. The first-order valence-electron chi connectivity index (χ1n) is 3.61. The molecule has 0 radical (unpaired) electrons. The Balaban J connectivity index is 3.28. The van der Waals surface area contributed by atoms with Crippen LogP contribution in [0.4, 0.5) is 11.4 Å². The number of carboxylic acid groups (broad SMARTS) is 1. The predicted molar refractivity (Wildman–Crippen MR) is 51.8 cm³/mol. The molecule has 8 heteroatoms. The van der Waals surface area contributed by atoms with Crippen molar-refractivity contribution in [2.45, 2.75) is 0 Å². The molecule has 0 bridgehead atoms. The third kappa shape index (κ3) is 2.58. The number of carboxylic acids is 1. The van der Waals surface area contributed by atoms with Gasteiger partial charge in [-0.3, -0.25) is 0 Å². The van der Waals surface area contributed by atoms with Crippen LogP contribution in [0.2, 0.25) is 0 Å². The first-order valence-corrected chi connectivity index (χ1v) is 4.61. The Labute approximate surface area is 87.1 Å². The molecule has 0 aliphatic heterocycles. The first kappa shape index (κ1) is 11.3. The Morgan fingerprint density at radius 2 is 1.93 bits per heavy atom. The van der Waals surface area contributed by atoms with Gasteiger partial charge < -0.3 is 25.3 Å². The number of anilines is 2. The van der Waals surface area contributed by atoms with E-state index < -0.39 is 17.3 Å². The lowest BCUT2D eigenvalue weighted by molar-refractivity contribution is 0.0695.